The van der Waals surface area contributed by atoms with Crippen molar-refractivity contribution >= 4 is 11.7 Å². The van der Waals surface area contributed by atoms with Crippen LogP contribution in [0.3, 0.4) is 0 Å². The van der Waals surface area contributed by atoms with Gasteiger partial charge >= 0.3 is 0 Å². The number of amidine groups is 2. The van der Waals surface area contributed by atoms with E-state index >= 15 is 0 Å². The van der Waals surface area contributed by atoms with Crippen LogP contribution in [-0.4, -0.2) is 51.1 Å². The van der Waals surface area contributed by atoms with Crippen LogP contribution in [0.2, 0.25) is 0 Å². The molecule has 0 saturated heterocycles. The van der Waals surface area contributed by atoms with Crippen LogP contribution < -0.4 is 20.1 Å². The zero-order chi connectivity index (χ0) is 22.9. The summed E-state index contributed by atoms with van der Waals surface area (Å²) >= 11 is 0. The quantitative estimate of drug-likeness (QED) is 0.569. The first kappa shape index (κ1) is 23.1. The Balaban J connectivity index is 1.17. The summed E-state index contributed by atoms with van der Waals surface area (Å²) in [6, 6.07) is 16.4. The van der Waals surface area contributed by atoms with E-state index in [1.54, 1.807) is 0 Å². The molecule has 4 rings (SSSR count). The van der Waals surface area contributed by atoms with Gasteiger partial charge < -0.3 is 20.1 Å². The Morgan fingerprint density at radius 1 is 0.697 bits per heavy atom. The van der Waals surface area contributed by atoms with Crippen LogP contribution in [0.5, 0.6) is 11.5 Å². The molecule has 176 valence electrons. The lowest BCUT2D eigenvalue weighted by Crippen LogP contribution is -2.30. The second-order valence-electron chi connectivity index (χ2n) is 9.14. The van der Waals surface area contributed by atoms with Crippen molar-refractivity contribution in [3.05, 3.63) is 59.7 Å². The fourth-order valence-electron chi connectivity index (χ4n) is 4.17. The molecule has 2 aliphatic heterocycles. The molecule has 0 bridgehead atoms. The van der Waals surface area contributed by atoms with E-state index in [4.69, 9.17) is 9.47 Å². The molecule has 2 atom stereocenters. The number of ether oxygens (including phenoxy) is 2. The summed E-state index contributed by atoms with van der Waals surface area (Å²) in [6.07, 6.45) is 3.26. The van der Waals surface area contributed by atoms with Crippen LogP contribution >= 0.6 is 0 Å². The van der Waals surface area contributed by atoms with E-state index < -0.39 is 0 Å². The third kappa shape index (κ3) is 6.98. The molecule has 2 N–H and O–H groups in total. The van der Waals surface area contributed by atoms with Crippen LogP contribution in [-0.2, 0) is 0 Å². The molecule has 2 aliphatic rings. The monoisotopic (exact) mass is 448 g/mol. The number of nitrogens with zero attached hydrogens (tertiary/aromatic N) is 2. The van der Waals surface area contributed by atoms with E-state index in [-0.39, 0.29) is 0 Å². The van der Waals surface area contributed by atoms with Crippen LogP contribution in [0.4, 0.5) is 0 Å². The summed E-state index contributed by atoms with van der Waals surface area (Å²) < 4.78 is 12.1. The Kier molecular flexibility index (Phi) is 8.23. The summed E-state index contributed by atoms with van der Waals surface area (Å²) in [6.45, 7) is 9.66. The highest BCUT2D eigenvalue weighted by Crippen LogP contribution is 2.19. The van der Waals surface area contributed by atoms with Gasteiger partial charge in [-0.15, -0.1) is 0 Å². The topological polar surface area (TPSA) is 67.2 Å². The van der Waals surface area contributed by atoms with Gasteiger partial charge in [-0.05, 0) is 79.6 Å². The molecule has 0 fully saturated rings. The molecule has 0 saturated carbocycles. The highest BCUT2D eigenvalue weighted by Gasteiger charge is 2.12. The largest absolute Gasteiger partial charge is 0.493 e. The minimum atomic E-state index is 0.449. The van der Waals surface area contributed by atoms with Crippen molar-refractivity contribution in [3.8, 4) is 11.5 Å². The van der Waals surface area contributed by atoms with Crippen molar-refractivity contribution in [2.45, 2.75) is 33.1 Å². The maximum Gasteiger partial charge on any atom is 0.128 e. The number of aliphatic imine (C=N–C) groups is 2. The van der Waals surface area contributed by atoms with E-state index in [0.29, 0.717) is 25.0 Å². The lowest BCUT2D eigenvalue weighted by molar-refractivity contribution is 0.198. The van der Waals surface area contributed by atoms with Crippen LogP contribution in [0.25, 0.3) is 0 Å². The molecule has 2 aromatic rings. The Labute approximate surface area is 197 Å². The van der Waals surface area contributed by atoms with Crippen LogP contribution in [0.15, 0.2) is 58.5 Å². The van der Waals surface area contributed by atoms with Gasteiger partial charge in [0.25, 0.3) is 0 Å². The highest BCUT2D eigenvalue weighted by molar-refractivity contribution is 5.99. The molecule has 0 radical (unpaired) electrons. The normalized spacial score (nSPS) is 17.6. The van der Waals surface area contributed by atoms with Crippen molar-refractivity contribution < 1.29 is 9.47 Å². The summed E-state index contributed by atoms with van der Waals surface area (Å²) in [4.78, 5) is 9.09. The average molecular weight is 449 g/mol. The van der Waals surface area contributed by atoms with Gasteiger partial charge in [-0.25, -0.2) is 0 Å². The van der Waals surface area contributed by atoms with Gasteiger partial charge in [0, 0.05) is 37.3 Å². The first-order valence-electron chi connectivity index (χ1n) is 12.2. The standard InChI is InChI=1S/C27H36N4O2/c1-20(18-32-24-9-5-22(6-10-24)26-28-13-3-14-29-26)17-21(2)19-33-25-11-7-23(8-12-25)27-30-15-4-16-31-27/h5-12,20-21H,3-4,13-19H2,1-2H3,(H,28,29)(H,30,31)/t20-,21+. The molecule has 0 aliphatic carbocycles. The van der Waals surface area contributed by atoms with Crippen molar-refractivity contribution in [2.75, 3.05) is 39.4 Å². The van der Waals surface area contributed by atoms with Crippen LogP contribution in [0, 0.1) is 11.8 Å². The molecular formula is C27H36N4O2. The molecule has 2 aromatic carbocycles. The fraction of sp³-hybridized carbons (Fsp3) is 0.481. The zero-order valence-electron chi connectivity index (χ0n) is 19.8. The van der Waals surface area contributed by atoms with E-state index in [1.807, 2.05) is 24.3 Å². The molecule has 6 heteroatoms. The molecule has 0 amide bonds. The van der Waals surface area contributed by atoms with E-state index in [9.17, 15) is 0 Å². The first-order valence-corrected chi connectivity index (χ1v) is 12.2. The third-order valence-electron chi connectivity index (χ3n) is 5.92. The van der Waals surface area contributed by atoms with Crippen molar-refractivity contribution in [1.29, 1.82) is 0 Å². The summed E-state index contributed by atoms with van der Waals surface area (Å²) in [5.74, 6) is 4.69. The van der Waals surface area contributed by atoms with Crippen LogP contribution in [0.1, 0.15) is 44.2 Å². The number of nitrogens with one attached hydrogen (secondary N) is 2. The second-order valence-corrected chi connectivity index (χ2v) is 9.14. The number of benzene rings is 2. The maximum absolute atomic E-state index is 6.03. The first-order chi connectivity index (χ1) is 16.2. The minimum Gasteiger partial charge on any atom is -0.493 e. The predicted octanol–water partition coefficient (Wildman–Crippen LogP) is 4.29. The molecule has 33 heavy (non-hydrogen) atoms. The number of hydrogen-bond acceptors (Lipinski definition) is 6. The van der Waals surface area contributed by atoms with Crippen molar-refractivity contribution in [1.82, 2.24) is 10.6 Å². The lowest BCUT2D eigenvalue weighted by atomic mass is 9.99. The van der Waals surface area contributed by atoms with E-state index in [2.05, 4.69) is 58.7 Å². The second kappa shape index (κ2) is 11.7. The SMILES string of the molecule is C[C@H](COc1ccc(C2=NCCCN2)cc1)C[C@@H](C)COc1ccc(C2=NCCCN2)cc1. The summed E-state index contributed by atoms with van der Waals surface area (Å²) in [5.41, 5.74) is 2.24. The molecule has 0 unspecified atom stereocenters. The van der Waals surface area contributed by atoms with Gasteiger partial charge in [0.05, 0.1) is 13.2 Å². The maximum atomic E-state index is 6.03. The van der Waals surface area contributed by atoms with E-state index in [1.165, 1.54) is 0 Å². The molecule has 0 spiro atoms. The average Bonchev–Trinajstić information content (AvgIpc) is 2.88. The molecule has 0 aromatic heterocycles. The zero-order valence-corrected chi connectivity index (χ0v) is 19.8. The highest BCUT2D eigenvalue weighted by atomic mass is 16.5. The molecular weight excluding hydrogens is 412 g/mol. The smallest absolute Gasteiger partial charge is 0.128 e. The van der Waals surface area contributed by atoms with Gasteiger partial charge in [0.1, 0.15) is 23.2 Å². The Morgan fingerprint density at radius 3 is 1.48 bits per heavy atom. The predicted molar refractivity (Wildman–Crippen MR) is 135 cm³/mol. The van der Waals surface area contributed by atoms with Gasteiger partial charge in [0.2, 0.25) is 0 Å². The number of rotatable bonds is 10. The summed E-state index contributed by atoms with van der Waals surface area (Å²) in [5, 5.41) is 6.71. The van der Waals surface area contributed by atoms with Gasteiger partial charge in [-0.2, -0.15) is 0 Å². The fourth-order valence-corrected chi connectivity index (χ4v) is 4.17. The van der Waals surface area contributed by atoms with Crippen molar-refractivity contribution in [2.24, 2.45) is 21.8 Å². The van der Waals surface area contributed by atoms with E-state index in [0.717, 1.165) is 79.7 Å². The molecule has 6 nitrogen and oxygen atoms in total. The summed E-state index contributed by atoms with van der Waals surface area (Å²) in [7, 11) is 0. The van der Waals surface area contributed by atoms with Gasteiger partial charge in [-0.3, -0.25) is 9.98 Å². The Morgan fingerprint density at radius 2 is 1.12 bits per heavy atom. The Hall–Kier alpha value is -3.02. The van der Waals surface area contributed by atoms with Gasteiger partial charge in [-0.1, -0.05) is 13.8 Å². The molecule has 2 heterocycles. The van der Waals surface area contributed by atoms with Crippen molar-refractivity contribution in [3.63, 3.8) is 0 Å². The number of hydrogen-bond donors (Lipinski definition) is 2. The minimum absolute atomic E-state index is 0.449. The lowest BCUT2D eigenvalue weighted by Gasteiger charge is -2.19. The van der Waals surface area contributed by atoms with Gasteiger partial charge in [0.15, 0.2) is 0 Å². The Bertz CT molecular complexity index is 860. The third-order valence-corrected chi connectivity index (χ3v) is 5.92.